The third kappa shape index (κ3) is 2.96. The van der Waals surface area contributed by atoms with Crippen molar-refractivity contribution in [3.8, 4) is 0 Å². The van der Waals surface area contributed by atoms with Crippen LogP contribution in [0, 0.1) is 5.92 Å². The molecule has 4 heteroatoms. The molecule has 1 aliphatic rings. The Bertz CT molecular complexity index is 430. The van der Waals surface area contributed by atoms with E-state index in [-0.39, 0.29) is 11.9 Å². The Kier molecular flexibility index (Phi) is 4.56. The molecule has 0 aliphatic carbocycles. The van der Waals surface area contributed by atoms with Gasteiger partial charge in [-0.1, -0.05) is 19.1 Å². The molecule has 1 saturated heterocycles. The lowest BCUT2D eigenvalue weighted by Gasteiger charge is -2.39. The molecule has 104 valence electrons. The van der Waals surface area contributed by atoms with E-state index in [1.165, 1.54) is 0 Å². The minimum atomic E-state index is 0.0885. The lowest BCUT2D eigenvalue weighted by molar-refractivity contribution is 0.0532. The number of rotatable bonds is 3. The molecule has 1 aliphatic heterocycles. The highest BCUT2D eigenvalue weighted by Gasteiger charge is 2.31. The van der Waals surface area contributed by atoms with E-state index in [9.17, 15) is 4.79 Å². The van der Waals surface area contributed by atoms with Crippen molar-refractivity contribution in [1.82, 2.24) is 4.90 Å². The van der Waals surface area contributed by atoms with E-state index in [0.717, 1.165) is 30.5 Å². The van der Waals surface area contributed by atoms with Gasteiger partial charge in [-0.15, -0.1) is 0 Å². The normalized spacial score (nSPS) is 23.4. The number of amides is 1. The average molecular weight is 261 g/mol. The van der Waals surface area contributed by atoms with Gasteiger partial charge in [0.05, 0.1) is 0 Å². The van der Waals surface area contributed by atoms with Crippen LogP contribution in [-0.4, -0.2) is 29.9 Å². The number of piperidine rings is 1. The van der Waals surface area contributed by atoms with E-state index in [2.05, 4.69) is 6.92 Å². The zero-order chi connectivity index (χ0) is 13.8. The fourth-order valence-corrected chi connectivity index (χ4v) is 2.81. The summed E-state index contributed by atoms with van der Waals surface area (Å²) in [5.74, 6) is 0.566. The van der Waals surface area contributed by atoms with Gasteiger partial charge >= 0.3 is 0 Å². The Labute approximate surface area is 114 Å². The summed E-state index contributed by atoms with van der Waals surface area (Å²) in [6, 6.07) is 7.71. The van der Waals surface area contributed by atoms with Crippen molar-refractivity contribution in [3.05, 3.63) is 35.4 Å². The van der Waals surface area contributed by atoms with Gasteiger partial charge in [0.1, 0.15) is 0 Å². The quantitative estimate of drug-likeness (QED) is 0.862. The number of nitrogens with zero attached hydrogens (tertiary/aromatic N) is 1. The lowest BCUT2D eigenvalue weighted by atomic mass is 9.90. The van der Waals surface area contributed by atoms with E-state index in [1.54, 1.807) is 0 Å². The van der Waals surface area contributed by atoms with Crippen molar-refractivity contribution >= 4 is 5.91 Å². The number of carbonyl (C=O) groups excluding carboxylic acids is 1. The van der Waals surface area contributed by atoms with Gasteiger partial charge in [-0.3, -0.25) is 4.79 Å². The van der Waals surface area contributed by atoms with Gasteiger partial charge in [0.2, 0.25) is 0 Å². The fourth-order valence-electron chi connectivity index (χ4n) is 2.81. The second-order valence-electron chi connectivity index (χ2n) is 5.32. The first kappa shape index (κ1) is 14.0. The van der Waals surface area contributed by atoms with Gasteiger partial charge in [-0.25, -0.2) is 0 Å². The number of hydrogen-bond acceptors (Lipinski definition) is 3. The van der Waals surface area contributed by atoms with Crippen LogP contribution in [0.3, 0.4) is 0 Å². The van der Waals surface area contributed by atoms with Crippen LogP contribution >= 0.6 is 0 Å². The van der Waals surface area contributed by atoms with Crippen molar-refractivity contribution in [1.29, 1.82) is 0 Å². The van der Waals surface area contributed by atoms with Crippen LogP contribution in [0.25, 0.3) is 0 Å². The number of nitrogens with two attached hydrogens (primary N) is 2. The third-order valence-electron chi connectivity index (χ3n) is 4.05. The monoisotopic (exact) mass is 261 g/mol. The molecule has 19 heavy (non-hydrogen) atoms. The molecular formula is C15H23N3O. The summed E-state index contributed by atoms with van der Waals surface area (Å²) >= 11 is 0. The van der Waals surface area contributed by atoms with E-state index in [1.807, 2.05) is 29.2 Å². The van der Waals surface area contributed by atoms with Crippen LogP contribution in [0.2, 0.25) is 0 Å². The largest absolute Gasteiger partial charge is 0.334 e. The number of carbonyl (C=O) groups is 1. The molecule has 0 unspecified atom stereocenters. The molecule has 0 spiro atoms. The number of likely N-dealkylation sites (tertiary alicyclic amines) is 1. The molecule has 4 N–H and O–H groups in total. The standard InChI is InChI=1S/C15H23N3O/c1-11-3-2-8-18(14(11)10-17)15(19)13-6-4-12(9-16)5-7-13/h4-7,11,14H,2-3,8-10,16-17H2,1H3/t11-,14-/m0/s1. The van der Waals surface area contributed by atoms with Gasteiger partial charge in [-0.2, -0.15) is 0 Å². The maximum Gasteiger partial charge on any atom is 0.254 e. The maximum absolute atomic E-state index is 12.6. The summed E-state index contributed by atoms with van der Waals surface area (Å²) in [7, 11) is 0. The van der Waals surface area contributed by atoms with E-state index in [0.29, 0.717) is 19.0 Å². The number of benzene rings is 1. The summed E-state index contributed by atoms with van der Waals surface area (Å²) in [6.45, 7) is 4.02. The van der Waals surface area contributed by atoms with Crippen LogP contribution in [0.1, 0.15) is 35.7 Å². The molecule has 2 atom stereocenters. The third-order valence-corrected chi connectivity index (χ3v) is 4.05. The van der Waals surface area contributed by atoms with Crippen molar-refractivity contribution in [2.75, 3.05) is 13.1 Å². The van der Waals surface area contributed by atoms with Gasteiger partial charge in [0, 0.05) is 31.2 Å². The highest BCUT2D eigenvalue weighted by molar-refractivity contribution is 5.94. The van der Waals surface area contributed by atoms with E-state index >= 15 is 0 Å². The number of hydrogen-bond donors (Lipinski definition) is 2. The molecule has 1 aromatic carbocycles. The van der Waals surface area contributed by atoms with Crippen LogP contribution < -0.4 is 11.5 Å². The SMILES string of the molecule is C[C@H]1CCCN(C(=O)c2ccc(CN)cc2)[C@H]1CN. The molecule has 1 aromatic rings. The Morgan fingerprint density at radius 1 is 1.32 bits per heavy atom. The van der Waals surface area contributed by atoms with Gasteiger partial charge in [0.15, 0.2) is 0 Å². The highest BCUT2D eigenvalue weighted by Crippen LogP contribution is 2.24. The predicted molar refractivity (Wildman–Crippen MR) is 76.6 cm³/mol. The highest BCUT2D eigenvalue weighted by atomic mass is 16.2. The lowest BCUT2D eigenvalue weighted by Crippen LogP contribution is -2.51. The van der Waals surface area contributed by atoms with Gasteiger partial charge in [0.25, 0.3) is 5.91 Å². The molecule has 0 radical (unpaired) electrons. The van der Waals surface area contributed by atoms with Crippen LogP contribution in [-0.2, 0) is 6.54 Å². The van der Waals surface area contributed by atoms with Crippen molar-refractivity contribution in [2.24, 2.45) is 17.4 Å². The van der Waals surface area contributed by atoms with Crippen molar-refractivity contribution < 1.29 is 4.79 Å². The summed E-state index contributed by atoms with van der Waals surface area (Å²) in [5, 5.41) is 0. The fraction of sp³-hybridized carbons (Fsp3) is 0.533. The second kappa shape index (κ2) is 6.17. The van der Waals surface area contributed by atoms with Gasteiger partial charge < -0.3 is 16.4 Å². The Morgan fingerprint density at radius 2 is 2.00 bits per heavy atom. The smallest absolute Gasteiger partial charge is 0.254 e. The molecule has 0 bridgehead atoms. The summed E-state index contributed by atoms with van der Waals surface area (Å²) in [4.78, 5) is 14.5. The summed E-state index contributed by atoms with van der Waals surface area (Å²) < 4.78 is 0. The maximum atomic E-state index is 12.6. The minimum Gasteiger partial charge on any atom is -0.334 e. The molecule has 0 saturated carbocycles. The molecule has 1 fully saturated rings. The van der Waals surface area contributed by atoms with Crippen molar-refractivity contribution in [2.45, 2.75) is 32.4 Å². The minimum absolute atomic E-state index is 0.0885. The van der Waals surface area contributed by atoms with Crippen molar-refractivity contribution in [3.63, 3.8) is 0 Å². The Balaban J connectivity index is 2.16. The zero-order valence-electron chi connectivity index (χ0n) is 11.5. The van der Waals surface area contributed by atoms with Gasteiger partial charge in [-0.05, 0) is 36.5 Å². The van der Waals surface area contributed by atoms with Crippen LogP contribution in [0.4, 0.5) is 0 Å². The molecular weight excluding hydrogens is 238 g/mol. The summed E-state index contributed by atoms with van der Waals surface area (Å²) in [5.41, 5.74) is 13.2. The van der Waals surface area contributed by atoms with Crippen LogP contribution in [0.5, 0.6) is 0 Å². The predicted octanol–water partition coefficient (Wildman–Crippen LogP) is 1.34. The van der Waals surface area contributed by atoms with Crippen LogP contribution in [0.15, 0.2) is 24.3 Å². The van der Waals surface area contributed by atoms with E-state index in [4.69, 9.17) is 11.5 Å². The molecule has 0 aromatic heterocycles. The first-order valence-electron chi connectivity index (χ1n) is 6.97. The second-order valence-corrected chi connectivity index (χ2v) is 5.32. The van der Waals surface area contributed by atoms with E-state index < -0.39 is 0 Å². The molecule has 2 rings (SSSR count). The summed E-state index contributed by atoms with van der Waals surface area (Å²) in [6.07, 6.45) is 2.21. The molecule has 1 heterocycles. The first-order chi connectivity index (χ1) is 9.17. The molecule has 1 amide bonds. The Morgan fingerprint density at radius 3 is 2.58 bits per heavy atom. The molecule has 4 nitrogen and oxygen atoms in total. The zero-order valence-corrected chi connectivity index (χ0v) is 11.5. The first-order valence-corrected chi connectivity index (χ1v) is 6.97. The topological polar surface area (TPSA) is 72.3 Å². The Hall–Kier alpha value is -1.39. The average Bonchev–Trinajstić information content (AvgIpc) is 2.46.